The maximum Gasteiger partial charge on any atom is 0.388 e. The van der Waals surface area contributed by atoms with Crippen LogP contribution in [0.5, 0.6) is 0 Å². The highest BCUT2D eigenvalue weighted by molar-refractivity contribution is 6.68. The lowest BCUT2D eigenvalue weighted by molar-refractivity contribution is -0.130. The van der Waals surface area contributed by atoms with Crippen molar-refractivity contribution < 1.29 is 29.6 Å². The molecule has 0 saturated carbocycles. The van der Waals surface area contributed by atoms with Gasteiger partial charge < -0.3 is 16.5 Å². The zero-order chi connectivity index (χ0) is 15.8. The predicted molar refractivity (Wildman–Crippen MR) is 86.3 cm³/mol. The summed E-state index contributed by atoms with van der Waals surface area (Å²) in [5.41, 5.74) is 0. The molecule has 0 N–H and O–H groups in total. The van der Waals surface area contributed by atoms with Crippen molar-refractivity contribution in [3.05, 3.63) is 0 Å². The highest BCUT2D eigenvalue weighted by Gasteiger charge is 2.26. The highest BCUT2D eigenvalue weighted by atomic mass is 28.4. The molecule has 0 aromatic carbocycles. The Balaban J connectivity index is 3.71. The van der Waals surface area contributed by atoms with Crippen molar-refractivity contribution in [2.24, 2.45) is 0 Å². The van der Waals surface area contributed by atoms with Crippen LogP contribution in [-0.4, -0.2) is 52.8 Å². The molecule has 3 atom stereocenters. The van der Waals surface area contributed by atoms with Gasteiger partial charge >= 0.3 is 6.18 Å². The number of hydrogen-bond acceptors (Lipinski definition) is 4. The Labute approximate surface area is 128 Å². The van der Waals surface area contributed by atoms with E-state index in [0.29, 0.717) is 0 Å². The number of rotatable bonds is 10. The van der Waals surface area contributed by atoms with Crippen LogP contribution in [0.15, 0.2) is 0 Å². The molecule has 0 radical (unpaired) electrons. The Morgan fingerprint density at radius 1 is 0.850 bits per heavy atom. The van der Waals surface area contributed by atoms with Gasteiger partial charge in [0.2, 0.25) is 0 Å². The molecule has 0 aromatic rings. The van der Waals surface area contributed by atoms with E-state index < -0.39 is 59.3 Å². The second kappa shape index (κ2) is 10.4. The Kier molecular flexibility index (Phi) is 10.8. The third-order valence-corrected chi connectivity index (χ3v) is 15.5. The van der Waals surface area contributed by atoms with Crippen molar-refractivity contribution in [3.63, 3.8) is 0 Å². The quantitative estimate of drug-likeness (QED) is 0.418. The van der Waals surface area contributed by atoms with Crippen molar-refractivity contribution in [2.75, 3.05) is 0 Å². The molecule has 122 valence electrons. The molecule has 0 fully saturated rings. The van der Waals surface area contributed by atoms with Crippen molar-refractivity contribution in [1.29, 1.82) is 0 Å². The second-order valence-corrected chi connectivity index (χ2v) is 16.0. The van der Waals surface area contributed by atoms with E-state index in [1.165, 1.54) is 0 Å². The lowest BCUT2D eigenvalue weighted by atomic mass is 10.5. The van der Waals surface area contributed by atoms with Gasteiger partial charge in [0.15, 0.2) is 9.04 Å². The van der Waals surface area contributed by atoms with E-state index in [1.807, 2.05) is 19.6 Å². The summed E-state index contributed by atoms with van der Waals surface area (Å²) in [4.78, 5) is 0. The van der Waals surface area contributed by atoms with Crippen LogP contribution in [0.25, 0.3) is 0 Å². The van der Waals surface area contributed by atoms with Gasteiger partial charge in [-0.25, -0.2) is 0 Å². The molecule has 20 heavy (non-hydrogen) atoms. The van der Waals surface area contributed by atoms with Gasteiger partial charge in [0.1, 0.15) is 9.76 Å². The fraction of sp³-hybridized carbons (Fsp3) is 1.00. The van der Waals surface area contributed by atoms with E-state index >= 15 is 0 Å². The van der Waals surface area contributed by atoms with Crippen LogP contribution in [0.2, 0.25) is 38.8 Å². The van der Waals surface area contributed by atoms with Gasteiger partial charge in [-0.1, -0.05) is 0 Å². The molecule has 0 rings (SSSR count). The summed E-state index contributed by atoms with van der Waals surface area (Å²) in [6, 6.07) is 0.119. The average molecular weight is 383 g/mol. The summed E-state index contributed by atoms with van der Waals surface area (Å²) in [5.74, 6) is 0. The molecule has 12 heteroatoms. The summed E-state index contributed by atoms with van der Waals surface area (Å²) in [6.45, 7) is 9.92. The van der Waals surface area contributed by atoms with Crippen molar-refractivity contribution in [1.82, 2.24) is 0 Å². The number of halogens is 3. The summed E-state index contributed by atoms with van der Waals surface area (Å²) < 4.78 is 58.5. The van der Waals surface area contributed by atoms with Crippen LogP contribution < -0.4 is 0 Å². The SMILES string of the molecule is C[SiH](C)O[SiH](C)O[SiH](C)O[SiH](C)O[SiH2]CCC(F)(F)F. The third kappa shape index (κ3) is 13.7. The molecule has 0 aliphatic heterocycles. The zero-order valence-corrected chi connectivity index (χ0v) is 18.7. The fourth-order valence-corrected chi connectivity index (χ4v) is 14.2. The van der Waals surface area contributed by atoms with Gasteiger partial charge in [0, 0.05) is 6.42 Å². The molecule has 0 aromatic heterocycles. The normalized spacial score (nSPS) is 17.9. The van der Waals surface area contributed by atoms with E-state index in [2.05, 4.69) is 13.1 Å². The van der Waals surface area contributed by atoms with Crippen LogP contribution >= 0.6 is 0 Å². The van der Waals surface area contributed by atoms with Crippen LogP contribution in [0, 0.1) is 0 Å². The van der Waals surface area contributed by atoms with Gasteiger partial charge in [-0.3, -0.25) is 0 Å². The molecule has 3 unspecified atom stereocenters. The Morgan fingerprint density at radius 2 is 1.35 bits per heavy atom. The Hall–Kier alpha value is 0.714. The minimum absolute atomic E-state index is 0.119. The van der Waals surface area contributed by atoms with Gasteiger partial charge in [-0.05, 0) is 38.8 Å². The number of alkyl halides is 3. The van der Waals surface area contributed by atoms with E-state index in [9.17, 15) is 13.2 Å². The van der Waals surface area contributed by atoms with E-state index in [4.69, 9.17) is 16.5 Å². The van der Waals surface area contributed by atoms with Crippen molar-refractivity contribution in [2.45, 2.75) is 51.4 Å². The molecule has 0 spiro atoms. The first-order valence-corrected chi connectivity index (χ1v) is 17.4. The first kappa shape index (κ1) is 20.7. The van der Waals surface area contributed by atoms with Crippen LogP contribution in [0.4, 0.5) is 13.2 Å². The highest BCUT2D eigenvalue weighted by Crippen LogP contribution is 2.21. The minimum atomic E-state index is -4.08. The molecular weight excluding hydrogens is 358 g/mol. The van der Waals surface area contributed by atoms with Crippen LogP contribution in [0.3, 0.4) is 0 Å². The summed E-state index contributed by atoms with van der Waals surface area (Å²) >= 11 is 0. The summed E-state index contributed by atoms with van der Waals surface area (Å²) in [7, 11) is -7.41. The third-order valence-electron chi connectivity index (χ3n) is 2.19. The molecule has 0 bridgehead atoms. The zero-order valence-electron chi connectivity index (χ0n) is 12.7. The molecular formula is C8H25F3O4Si5. The number of hydrogen-bond donors (Lipinski definition) is 0. The topological polar surface area (TPSA) is 36.9 Å². The van der Waals surface area contributed by atoms with E-state index in [0.717, 1.165) is 0 Å². The molecule has 0 aliphatic carbocycles. The summed E-state index contributed by atoms with van der Waals surface area (Å²) in [6.07, 6.45) is -4.83. The Morgan fingerprint density at radius 3 is 1.85 bits per heavy atom. The fourth-order valence-electron chi connectivity index (χ4n) is 1.55. The smallest absolute Gasteiger partial charge is 0.388 e. The maximum absolute atomic E-state index is 12.0. The largest absolute Gasteiger partial charge is 0.444 e. The predicted octanol–water partition coefficient (Wildman–Crippen LogP) is 1.04. The van der Waals surface area contributed by atoms with Gasteiger partial charge in [-0.2, -0.15) is 13.2 Å². The van der Waals surface area contributed by atoms with E-state index in [-0.39, 0.29) is 6.04 Å². The molecule has 0 heterocycles. The lowest BCUT2D eigenvalue weighted by Crippen LogP contribution is -2.37. The van der Waals surface area contributed by atoms with Crippen LogP contribution in [0.1, 0.15) is 6.42 Å². The van der Waals surface area contributed by atoms with Crippen molar-refractivity contribution in [3.8, 4) is 0 Å². The lowest BCUT2D eigenvalue weighted by Gasteiger charge is -2.22. The Bertz CT molecular complexity index is 259. The van der Waals surface area contributed by atoms with E-state index in [1.54, 1.807) is 0 Å². The van der Waals surface area contributed by atoms with Gasteiger partial charge in [0.25, 0.3) is 27.9 Å². The molecule has 4 nitrogen and oxygen atoms in total. The average Bonchev–Trinajstić information content (AvgIpc) is 2.21. The standard InChI is InChI=1S/C8H25F3O4Si5/c1-17(2)13-19(4)15-20(5)14-18(3)12-16-7-6-8(9,10)11/h17-20H,6-7,16H2,1-5H3. The monoisotopic (exact) mass is 382 g/mol. The minimum Gasteiger partial charge on any atom is -0.444 e. The van der Waals surface area contributed by atoms with Crippen LogP contribution in [-0.2, 0) is 16.5 Å². The molecule has 0 saturated heterocycles. The van der Waals surface area contributed by atoms with Crippen molar-refractivity contribution >= 4 is 46.7 Å². The second-order valence-electron chi connectivity index (χ2n) is 4.75. The molecule has 0 aliphatic rings. The maximum atomic E-state index is 12.0. The first-order chi connectivity index (χ1) is 9.10. The summed E-state index contributed by atoms with van der Waals surface area (Å²) in [5, 5.41) is 0. The van der Waals surface area contributed by atoms with Gasteiger partial charge in [-0.15, -0.1) is 0 Å². The first-order valence-electron chi connectivity index (χ1n) is 6.75. The molecule has 0 amide bonds. The van der Waals surface area contributed by atoms with Gasteiger partial charge in [0.05, 0.1) is 0 Å².